The Morgan fingerprint density at radius 3 is 2.25 bits per heavy atom. The van der Waals surface area contributed by atoms with Gasteiger partial charge in [-0.1, -0.05) is 53.3 Å². The Hall–Kier alpha value is -0.0800. The van der Waals surface area contributed by atoms with Gasteiger partial charge >= 0.3 is 0 Å². The van der Waals surface area contributed by atoms with Crippen molar-refractivity contribution in [2.45, 2.75) is 13.3 Å². The summed E-state index contributed by atoms with van der Waals surface area (Å²) in [7, 11) is 0. The molecule has 16 heavy (non-hydrogen) atoms. The van der Waals surface area contributed by atoms with Crippen LogP contribution in [0.4, 0.5) is 0 Å². The van der Waals surface area contributed by atoms with E-state index in [1.54, 1.807) is 18.2 Å². The first kappa shape index (κ1) is 14.0. The van der Waals surface area contributed by atoms with Gasteiger partial charge in [-0.2, -0.15) is 0 Å². The number of hydrogen-bond acceptors (Lipinski definition) is 1. The zero-order valence-electron chi connectivity index (χ0n) is 8.57. The van der Waals surface area contributed by atoms with Crippen molar-refractivity contribution in [3.8, 4) is 5.75 Å². The van der Waals surface area contributed by atoms with E-state index in [1.165, 1.54) is 0 Å². The van der Waals surface area contributed by atoms with Crippen LogP contribution in [0.15, 0.2) is 22.7 Å². The van der Waals surface area contributed by atoms with E-state index in [0.717, 1.165) is 12.0 Å². The van der Waals surface area contributed by atoms with Crippen molar-refractivity contribution in [2.24, 2.45) is 0 Å². The smallest absolute Gasteiger partial charge is 0.122 e. The molecule has 0 fully saturated rings. The second-order valence-corrected chi connectivity index (χ2v) is 4.85. The molecule has 0 heterocycles. The summed E-state index contributed by atoms with van der Waals surface area (Å²) in [4.78, 5) is 0. The quantitative estimate of drug-likeness (QED) is 0.737. The van der Waals surface area contributed by atoms with Crippen LogP contribution in [0.2, 0.25) is 10.0 Å². The van der Waals surface area contributed by atoms with Gasteiger partial charge in [0.25, 0.3) is 0 Å². The molecule has 0 bridgehead atoms. The van der Waals surface area contributed by atoms with E-state index >= 15 is 0 Å². The Kier molecular flexibility index (Phi) is 5.77. The van der Waals surface area contributed by atoms with Crippen molar-refractivity contribution in [1.82, 2.24) is 0 Å². The Bertz CT molecular complexity index is 374. The van der Waals surface area contributed by atoms with Crippen molar-refractivity contribution in [1.29, 1.82) is 0 Å². The van der Waals surface area contributed by atoms with E-state index in [0.29, 0.717) is 15.8 Å². The van der Waals surface area contributed by atoms with E-state index < -0.39 is 0 Å². The predicted octanol–water partition coefficient (Wildman–Crippen LogP) is 5.25. The first-order chi connectivity index (χ1) is 7.54. The highest BCUT2D eigenvalue weighted by Gasteiger charge is 2.06. The van der Waals surface area contributed by atoms with Crippen LogP contribution in [0.1, 0.15) is 12.5 Å². The molecular formula is C11H10Cl4O. The molecule has 1 rings (SSSR count). The summed E-state index contributed by atoms with van der Waals surface area (Å²) in [5.41, 5.74) is 0.918. The summed E-state index contributed by atoms with van der Waals surface area (Å²) >= 11 is 23.0. The van der Waals surface area contributed by atoms with Gasteiger partial charge < -0.3 is 4.74 Å². The van der Waals surface area contributed by atoms with Crippen molar-refractivity contribution in [3.05, 3.63) is 38.3 Å². The molecule has 1 aromatic rings. The summed E-state index contributed by atoms with van der Waals surface area (Å²) in [6.45, 7) is 2.27. The number of hydrogen-bond donors (Lipinski definition) is 0. The SMILES string of the molecule is CCc1c(Cl)cc(OCC=C(Cl)Cl)cc1Cl. The average molecular weight is 300 g/mol. The van der Waals surface area contributed by atoms with Crippen LogP contribution in [0, 0.1) is 0 Å². The maximum absolute atomic E-state index is 6.04. The van der Waals surface area contributed by atoms with E-state index in [9.17, 15) is 0 Å². The summed E-state index contributed by atoms with van der Waals surface area (Å²) < 4.78 is 5.53. The zero-order valence-corrected chi connectivity index (χ0v) is 11.6. The van der Waals surface area contributed by atoms with Gasteiger partial charge in [-0.05, 0) is 30.2 Å². The van der Waals surface area contributed by atoms with Gasteiger partial charge in [0.15, 0.2) is 0 Å². The van der Waals surface area contributed by atoms with Crippen LogP contribution in [0.5, 0.6) is 5.75 Å². The fraction of sp³-hybridized carbons (Fsp3) is 0.273. The fourth-order valence-electron chi connectivity index (χ4n) is 1.20. The van der Waals surface area contributed by atoms with E-state index in [1.807, 2.05) is 6.92 Å². The largest absolute Gasteiger partial charge is 0.489 e. The monoisotopic (exact) mass is 298 g/mol. The standard InChI is InChI=1S/C11H10Cl4O/c1-2-8-9(12)5-7(6-10(8)13)16-4-3-11(14)15/h3,5-6H,2,4H2,1H3. The highest BCUT2D eigenvalue weighted by atomic mass is 35.5. The van der Waals surface area contributed by atoms with Gasteiger partial charge in [-0.3, -0.25) is 0 Å². The molecule has 0 saturated carbocycles. The third kappa shape index (κ3) is 4.06. The molecule has 0 N–H and O–H groups in total. The lowest BCUT2D eigenvalue weighted by atomic mass is 10.1. The van der Waals surface area contributed by atoms with Crippen molar-refractivity contribution in [3.63, 3.8) is 0 Å². The summed E-state index contributed by atoms with van der Waals surface area (Å²) in [5.74, 6) is 0.595. The summed E-state index contributed by atoms with van der Waals surface area (Å²) in [6.07, 6.45) is 2.32. The lowest BCUT2D eigenvalue weighted by molar-refractivity contribution is 0.363. The molecule has 0 saturated heterocycles. The molecule has 0 aromatic heterocycles. The number of halogens is 4. The van der Waals surface area contributed by atoms with Crippen molar-refractivity contribution < 1.29 is 4.74 Å². The fourth-order valence-corrected chi connectivity index (χ4v) is 2.06. The maximum atomic E-state index is 6.04. The zero-order chi connectivity index (χ0) is 12.1. The van der Waals surface area contributed by atoms with E-state index in [-0.39, 0.29) is 11.1 Å². The third-order valence-corrected chi connectivity index (χ3v) is 2.94. The molecule has 1 aromatic carbocycles. The van der Waals surface area contributed by atoms with Crippen LogP contribution in [-0.2, 0) is 6.42 Å². The predicted molar refractivity (Wildman–Crippen MR) is 71.1 cm³/mol. The molecule has 1 nitrogen and oxygen atoms in total. The van der Waals surface area contributed by atoms with Gasteiger partial charge in [0.1, 0.15) is 16.8 Å². The van der Waals surface area contributed by atoms with Crippen LogP contribution in [0.3, 0.4) is 0 Å². The average Bonchev–Trinajstić information content (AvgIpc) is 2.16. The van der Waals surface area contributed by atoms with Crippen LogP contribution in [-0.4, -0.2) is 6.61 Å². The molecule has 0 aliphatic carbocycles. The molecule has 0 amide bonds. The van der Waals surface area contributed by atoms with Gasteiger partial charge in [0.05, 0.1) is 0 Å². The van der Waals surface area contributed by atoms with Crippen molar-refractivity contribution in [2.75, 3.05) is 6.61 Å². The second-order valence-electron chi connectivity index (χ2n) is 3.02. The lowest BCUT2D eigenvalue weighted by Gasteiger charge is -2.08. The number of rotatable bonds is 4. The normalized spacial score (nSPS) is 10.1. The maximum Gasteiger partial charge on any atom is 0.122 e. The lowest BCUT2D eigenvalue weighted by Crippen LogP contribution is -1.95. The minimum atomic E-state index is 0.169. The highest BCUT2D eigenvalue weighted by Crippen LogP contribution is 2.30. The number of ether oxygens (including phenoxy) is 1. The van der Waals surface area contributed by atoms with Gasteiger partial charge in [0.2, 0.25) is 0 Å². The minimum absolute atomic E-state index is 0.169. The Morgan fingerprint density at radius 1 is 1.25 bits per heavy atom. The molecule has 88 valence electrons. The summed E-state index contributed by atoms with van der Waals surface area (Å²) in [6, 6.07) is 3.45. The van der Waals surface area contributed by atoms with Gasteiger partial charge in [-0.25, -0.2) is 0 Å². The topological polar surface area (TPSA) is 9.23 Å². The Balaban J connectivity index is 2.80. The molecule has 0 aliphatic rings. The molecule has 0 spiro atoms. The first-order valence-electron chi connectivity index (χ1n) is 4.66. The van der Waals surface area contributed by atoms with Crippen molar-refractivity contribution >= 4 is 46.4 Å². The first-order valence-corrected chi connectivity index (χ1v) is 6.17. The second kappa shape index (κ2) is 6.61. The van der Waals surface area contributed by atoms with E-state index in [4.69, 9.17) is 51.1 Å². The van der Waals surface area contributed by atoms with E-state index in [2.05, 4.69) is 0 Å². The highest BCUT2D eigenvalue weighted by molar-refractivity contribution is 6.55. The molecule has 5 heteroatoms. The molecule has 0 unspecified atom stereocenters. The number of benzene rings is 1. The third-order valence-electron chi connectivity index (χ3n) is 1.96. The van der Waals surface area contributed by atoms with Gasteiger partial charge in [-0.15, -0.1) is 0 Å². The Morgan fingerprint density at radius 2 is 1.81 bits per heavy atom. The summed E-state index contributed by atoms with van der Waals surface area (Å²) in [5, 5.41) is 1.21. The van der Waals surface area contributed by atoms with Crippen LogP contribution < -0.4 is 4.74 Å². The molecular weight excluding hydrogens is 290 g/mol. The van der Waals surface area contributed by atoms with Gasteiger partial charge in [0, 0.05) is 10.0 Å². The molecule has 0 atom stereocenters. The Labute approximate surface area is 115 Å². The molecule has 0 radical (unpaired) electrons. The van der Waals surface area contributed by atoms with Crippen LogP contribution in [0.25, 0.3) is 0 Å². The minimum Gasteiger partial charge on any atom is -0.489 e. The van der Waals surface area contributed by atoms with Crippen LogP contribution >= 0.6 is 46.4 Å². The molecule has 0 aliphatic heterocycles.